The summed E-state index contributed by atoms with van der Waals surface area (Å²) in [4.78, 5) is 11.6. The summed E-state index contributed by atoms with van der Waals surface area (Å²) >= 11 is 0. The van der Waals surface area contributed by atoms with Gasteiger partial charge in [0.2, 0.25) is 5.91 Å². The van der Waals surface area contributed by atoms with Gasteiger partial charge in [0.25, 0.3) is 0 Å². The van der Waals surface area contributed by atoms with Crippen molar-refractivity contribution in [2.45, 2.75) is 40.2 Å². The molecular weight excluding hydrogens is 229 g/mol. The fraction of sp³-hybridized carbons (Fsp3) is 0.900. The molecule has 0 saturated heterocycles. The third-order valence-electron chi connectivity index (χ3n) is 1.50. The van der Waals surface area contributed by atoms with Crippen molar-refractivity contribution >= 4 is 13.5 Å². The molecule has 0 aliphatic heterocycles. The van der Waals surface area contributed by atoms with E-state index in [1.54, 1.807) is 13.8 Å². The Kier molecular flexibility index (Phi) is 6.23. The molecule has 0 fully saturated rings. The summed E-state index contributed by atoms with van der Waals surface area (Å²) in [5.74, 6) is -0.322. The minimum Gasteiger partial charge on any atom is -0.351 e. The molecule has 0 spiro atoms. The summed E-state index contributed by atoms with van der Waals surface area (Å²) in [6, 6.07) is 0. The van der Waals surface area contributed by atoms with Gasteiger partial charge in [0.15, 0.2) is 0 Å². The minimum absolute atomic E-state index is 0.230. The molecule has 0 bridgehead atoms. The van der Waals surface area contributed by atoms with Crippen LogP contribution in [0, 0.1) is 0 Å². The SMILES string of the molecule is CCOP(=O)(CC(=O)NC(C)(C)C)OCC. The van der Waals surface area contributed by atoms with Gasteiger partial charge in [-0.25, -0.2) is 0 Å². The summed E-state index contributed by atoms with van der Waals surface area (Å²) in [7, 11) is -3.27. The second kappa shape index (κ2) is 6.38. The van der Waals surface area contributed by atoms with Gasteiger partial charge in [-0.05, 0) is 34.6 Å². The molecule has 96 valence electrons. The van der Waals surface area contributed by atoms with Crippen LogP contribution in [0.5, 0.6) is 0 Å². The van der Waals surface area contributed by atoms with Gasteiger partial charge in [-0.1, -0.05) is 0 Å². The zero-order chi connectivity index (χ0) is 12.8. The number of rotatable bonds is 6. The highest BCUT2D eigenvalue weighted by Gasteiger charge is 2.29. The van der Waals surface area contributed by atoms with Crippen LogP contribution in [-0.2, 0) is 18.4 Å². The molecule has 1 N–H and O–H groups in total. The fourth-order valence-corrected chi connectivity index (χ4v) is 2.63. The highest BCUT2D eigenvalue weighted by Crippen LogP contribution is 2.47. The Morgan fingerprint density at radius 3 is 1.94 bits per heavy atom. The Balaban J connectivity index is 4.41. The van der Waals surface area contributed by atoms with Crippen molar-refractivity contribution in [1.82, 2.24) is 5.32 Å². The molecule has 5 nitrogen and oxygen atoms in total. The van der Waals surface area contributed by atoms with Crippen molar-refractivity contribution in [2.24, 2.45) is 0 Å². The first-order valence-electron chi connectivity index (χ1n) is 5.41. The molecule has 0 atom stereocenters. The maximum Gasteiger partial charge on any atom is 0.340 e. The summed E-state index contributed by atoms with van der Waals surface area (Å²) in [5, 5.41) is 2.72. The Hall–Kier alpha value is -0.380. The summed E-state index contributed by atoms with van der Waals surface area (Å²) < 4.78 is 22.1. The average molecular weight is 251 g/mol. The molecule has 0 radical (unpaired) electrons. The van der Waals surface area contributed by atoms with Crippen LogP contribution < -0.4 is 5.32 Å². The molecule has 6 heteroatoms. The fourth-order valence-electron chi connectivity index (χ4n) is 1.16. The normalized spacial score (nSPS) is 12.6. The molecule has 0 aliphatic carbocycles. The van der Waals surface area contributed by atoms with Crippen molar-refractivity contribution in [3.63, 3.8) is 0 Å². The second-order valence-corrected chi connectivity index (χ2v) is 6.46. The van der Waals surface area contributed by atoms with E-state index in [4.69, 9.17) is 9.05 Å². The van der Waals surface area contributed by atoms with Gasteiger partial charge in [0.05, 0.1) is 13.2 Å². The summed E-state index contributed by atoms with van der Waals surface area (Å²) in [5.41, 5.74) is -0.347. The molecule has 0 aromatic carbocycles. The van der Waals surface area contributed by atoms with Crippen LogP contribution in [0.15, 0.2) is 0 Å². The van der Waals surface area contributed by atoms with Crippen LogP contribution in [-0.4, -0.2) is 30.8 Å². The van der Waals surface area contributed by atoms with E-state index < -0.39 is 7.60 Å². The molecule has 16 heavy (non-hydrogen) atoms. The summed E-state index contributed by atoms with van der Waals surface area (Å²) in [6.45, 7) is 9.53. The first kappa shape index (κ1) is 15.6. The minimum atomic E-state index is -3.27. The van der Waals surface area contributed by atoms with Crippen LogP contribution >= 0.6 is 7.60 Å². The van der Waals surface area contributed by atoms with Crippen LogP contribution in [0.25, 0.3) is 0 Å². The largest absolute Gasteiger partial charge is 0.351 e. The standard InChI is InChI=1S/C10H22NO4P/c1-6-14-16(13,15-7-2)8-9(12)11-10(3,4)5/h6-8H2,1-5H3,(H,11,12). The van der Waals surface area contributed by atoms with E-state index in [2.05, 4.69) is 5.32 Å². The maximum atomic E-state index is 12.0. The van der Waals surface area contributed by atoms with Crippen LogP contribution in [0.2, 0.25) is 0 Å². The third kappa shape index (κ3) is 6.99. The first-order valence-corrected chi connectivity index (χ1v) is 7.14. The van der Waals surface area contributed by atoms with Crippen molar-refractivity contribution in [1.29, 1.82) is 0 Å². The van der Waals surface area contributed by atoms with E-state index >= 15 is 0 Å². The Morgan fingerprint density at radius 2 is 1.62 bits per heavy atom. The number of carbonyl (C=O) groups excluding carboxylic acids is 1. The molecule has 0 unspecified atom stereocenters. The highest BCUT2D eigenvalue weighted by molar-refractivity contribution is 7.54. The lowest BCUT2D eigenvalue weighted by atomic mass is 10.1. The zero-order valence-electron chi connectivity index (χ0n) is 10.7. The molecule has 0 rings (SSSR count). The van der Waals surface area contributed by atoms with E-state index in [1.807, 2.05) is 20.8 Å². The van der Waals surface area contributed by atoms with Gasteiger partial charge < -0.3 is 14.4 Å². The van der Waals surface area contributed by atoms with Crippen LogP contribution in [0.3, 0.4) is 0 Å². The Labute approximate surface area is 97.4 Å². The smallest absolute Gasteiger partial charge is 0.340 e. The lowest BCUT2D eigenvalue weighted by Crippen LogP contribution is -2.42. The predicted octanol–water partition coefficient (Wildman–Crippen LogP) is 2.17. The highest BCUT2D eigenvalue weighted by atomic mass is 31.2. The Morgan fingerprint density at radius 1 is 1.19 bits per heavy atom. The lowest BCUT2D eigenvalue weighted by Gasteiger charge is -2.22. The predicted molar refractivity (Wildman–Crippen MR) is 63.6 cm³/mol. The zero-order valence-corrected chi connectivity index (χ0v) is 11.6. The molecule has 0 heterocycles. The van der Waals surface area contributed by atoms with Crippen LogP contribution in [0.1, 0.15) is 34.6 Å². The number of nitrogens with one attached hydrogen (secondary N) is 1. The molecule has 0 aliphatic rings. The second-order valence-electron chi connectivity index (χ2n) is 4.40. The monoisotopic (exact) mass is 251 g/mol. The quantitative estimate of drug-likeness (QED) is 0.735. The van der Waals surface area contributed by atoms with Gasteiger partial charge in [0, 0.05) is 5.54 Å². The van der Waals surface area contributed by atoms with E-state index in [0.717, 1.165) is 0 Å². The van der Waals surface area contributed by atoms with Gasteiger partial charge in [-0.3, -0.25) is 9.36 Å². The number of hydrogen-bond donors (Lipinski definition) is 1. The average Bonchev–Trinajstić information content (AvgIpc) is 1.99. The van der Waals surface area contributed by atoms with Crippen molar-refractivity contribution in [3.05, 3.63) is 0 Å². The lowest BCUT2D eigenvalue weighted by molar-refractivity contribution is -0.120. The van der Waals surface area contributed by atoms with Gasteiger partial charge in [-0.15, -0.1) is 0 Å². The van der Waals surface area contributed by atoms with E-state index in [-0.39, 0.29) is 30.8 Å². The third-order valence-corrected chi connectivity index (χ3v) is 3.48. The maximum absolute atomic E-state index is 12.0. The van der Waals surface area contributed by atoms with Gasteiger partial charge >= 0.3 is 7.60 Å². The number of carbonyl (C=O) groups is 1. The molecule has 0 aromatic heterocycles. The van der Waals surface area contributed by atoms with Gasteiger partial charge in [0.1, 0.15) is 6.16 Å². The molecule has 0 aromatic rings. The number of hydrogen-bond acceptors (Lipinski definition) is 4. The Bertz CT molecular complexity index is 262. The number of amides is 1. The van der Waals surface area contributed by atoms with Gasteiger partial charge in [-0.2, -0.15) is 0 Å². The first-order chi connectivity index (χ1) is 7.22. The molecule has 0 saturated carbocycles. The molecular formula is C10H22NO4P. The van der Waals surface area contributed by atoms with E-state index in [9.17, 15) is 9.36 Å². The van der Waals surface area contributed by atoms with E-state index in [0.29, 0.717) is 0 Å². The van der Waals surface area contributed by atoms with Crippen molar-refractivity contribution < 1.29 is 18.4 Å². The molecule has 1 amide bonds. The topological polar surface area (TPSA) is 64.6 Å². The van der Waals surface area contributed by atoms with E-state index in [1.165, 1.54) is 0 Å². The summed E-state index contributed by atoms with van der Waals surface area (Å²) in [6.07, 6.45) is -0.230. The van der Waals surface area contributed by atoms with Crippen molar-refractivity contribution in [3.8, 4) is 0 Å². The van der Waals surface area contributed by atoms with Crippen molar-refractivity contribution in [2.75, 3.05) is 19.4 Å². The van der Waals surface area contributed by atoms with Crippen LogP contribution in [0.4, 0.5) is 0 Å².